The summed E-state index contributed by atoms with van der Waals surface area (Å²) in [5, 5.41) is 0. The fourth-order valence-electron chi connectivity index (χ4n) is 3.63. The largest absolute Gasteiger partial charge is 0.393 e. The summed E-state index contributed by atoms with van der Waals surface area (Å²) >= 11 is 0. The number of hydrogen-bond acceptors (Lipinski definition) is 7. The zero-order valence-electron chi connectivity index (χ0n) is 16.9. The predicted molar refractivity (Wildman–Crippen MR) is 120 cm³/mol. The van der Waals surface area contributed by atoms with Crippen LogP contribution in [0.5, 0.6) is 0 Å². The van der Waals surface area contributed by atoms with E-state index < -0.39 is 0 Å². The highest BCUT2D eigenvalue weighted by atomic mass is 15.4. The number of piperazine rings is 1. The molecular formula is C22H27N7. The van der Waals surface area contributed by atoms with Gasteiger partial charge in [-0.3, -0.25) is 10.9 Å². The zero-order valence-corrected chi connectivity index (χ0v) is 16.9. The highest BCUT2D eigenvalue weighted by Gasteiger charge is 2.22. The molecule has 0 radical (unpaired) electrons. The minimum absolute atomic E-state index is 0.552. The van der Waals surface area contributed by atoms with Gasteiger partial charge < -0.3 is 15.5 Å². The third-order valence-electron chi connectivity index (χ3n) is 5.46. The van der Waals surface area contributed by atoms with Crippen molar-refractivity contribution < 1.29 is 0 Å². The van der Waals surface area contributed by atoms with Crippen molar-refractivity contribution in [1.29, 1.82) is 0 Å². The van der Waals surface area contributed by atoms with Crippen LogP contribution in [0.25, 0.3) is 0 Å². The summed E-state index contributed by atoms with van der Waals surface area (Å²) in [5.41, 5.74) is 18.1. The van der Waals surface area contributed by atoms with E-state index in [2.05, 4.69) is 62.7 Å². The Morgan fingerprint density at radius 1 is 0.828 bits per heavy atom. The maximum absolute atomic E-state index is 6.39. The number of nitrogen functional groups attached to an aromatic ring is 1. The number of aromatic nitrogens is 2. The smallest absolute Gasteiger partial charge is 0.173 e. The second-order valence-corrected chi connectivity index (χ2v) is 7.27. The lowest BCUT2D eigenvalue weighted by atomic mass is 10.1. The van der Waals surface area contributed by atoms with Crippen LogP contribution in [-0.4, -0.2) is 36.1 Å². The molecule has 150 valence electrons. The van der Waals surface area contributed by atoms with Gasteiger partial charge in [0.25, 0.3) is 0 Å². The van der Waals surface area contributed by atoms with E-state index in [1.54, 1.807) is 6.33 Å². The Morgan fingerprint density at radius 3 is 2.31 bits per heavy atom. The van der Waals surface area contributed by atoms with Crippen molar-refractivity contribution in [1.82, 2.24) is 9.97 Å². The van der Waals surface area contributed by atoms with Crippen LogP contribution in [0.1, 0.15) is 11.1 Å². The molecule has 1 aromatic heterocycles. The summed E-state index contributed by atoms with van der Waals surface area (Å²) in [4.78, 5) is 13.4. The van der Waals surface area contributed by atoms with Gasteiger partial charge in [-0.05, 0) is 43.2 Å². The summed E-state index contributed by atoms with van der Waals surface area (Å²) in [6, 6.07) is 16.3. The first-order valence-corrected chi connectivity index (χ1v) is 9.87. The molecule has 2 aromatic carbocycles. The lowest BCUT2D eigenvalue weighted by Gasteiger charge is -2.38. The van der Waals surface area contributed by atoms with Gasteiger partial charge in [-0.25, -0.2) is 9.97 Å². The number of rotatable bonds is 5. The molecule has 7 nitrogen and oxygen atoms in total. The maximum atomic E-state index is 6.39. The molecule has 0 bridgehead atoms. The number of anilines is 5. The molecular weight excluding hydrogens is 362 g/mol. The number of para-hydroxylation sites is 1. The molecule has 1 aliphatic heterocycles. The Kier molecular flexibility index (Phi) is 5.37. The number of nitrogens with one attached hydrogen (secondary N) is 2. The number of nitrogens with zero attached hydrogens (tertiary/aromatic N) is 4. The molecule has 1 saturated heterocycles. The average Bonchev–Trinajstić information content (AvgIpc) is 2.76. The molecule has 4 N–H and O–H groups in total. The molecule has 0 saturated carbocycles. The van der Waals surface area contributed by atoms with Crippen molar-refractivity contribution >= 4 is 28.7 Å². The van der Waals surface area contributed by atoms with E-state index in [0.717, 1.165) is 37.7 Å². The topological polar surface area (TPSA) is 82.3 Å². The molecule has 0 atom stereocenters. The Morgan fingerprint density at radius 2 is 1.55 bits per heavy atom. The second kappa shape index (κ2) is 8.26. The monoisotopic (exact) mass is 389 g/mol. The van der Waals surface area contributed by atoms with Gasteiger partial charge in [-0.15, -0.1) is 0 Å². The first-order valence-electron chi connectivity index (χ1n) is 9.87. The standard InChI is InChI=1S/C22H27N7/c1-16-7-6-10-19(17(16)2)28-11-13-29(14-12-28)22-20(23)21(24-15-25-22)27-26-18-8-4-3-5-9-18/h3-10,15,26H,11-14,23H2,1-2H3,(H,24,25,27). The molecule has 3 aromatic rings. The predicted octanol–water partition coefficient (Wildman–Crippen LogP) is 3.44. The second-order valence-electron chi connectivity index (χ2n) is 7.27. The molecule has 2 heterocycles. The van der Waals surface area contributed by atoms with E-state index in [1.165, 1.54) is 16.8 Å². The van der Waals surface area contributed by atoms with Crippen LogP contribution >= 0.6 is 0 Å². The van der Waals surface area contributed by atoms with Crippen LogP contribution in [-0.2, 0) is 0 Å². The van der Waals surface area contributed by atoms with E-state index in [-0.39, 0.29) is 0 Å². The van der Waals surface area contributed by atoms with Crippen LogP contribution in [0.4, 0.5) is 28.7 Å². The quantitative estimate of drug-likeness (QED) is 0.577. The van der Waals surface area contributed by atoms with E-state index in [9.17, 15) is 0 Å². The third kappa shape index (κ3) is 4.03. The summed E-state index contributed by atoms with van der Waals surface area (Å²) in [5.74, 6) is 1.36. The molecule has 1 aliphatic rings. The van der Waals surface area contributed by atoms with Crippen molar-refractivity contribution in [3.05, 3.63) is 66.0 Å². The van der Waals surface area contributed by atoms with Crippen molar-refractivity contribution in [2.45, 2.75) is 13.8 Å². The van der Waals surface area contributed by atoms with Gasteiger partial charge >= 0.3 is 0 Å². The fourth-order valence-corrected chi connectivity index (χ4v) is 3.63. The number of hydrazine groups is 1. The minimum Gasteiger partial charge on any atom is -0.393 e. The van der Waals surface area contributed by atoms with E-state index in [0.29, 0.717) is 11.5 Å². The highest BCUT2D eigenvalue weighted by Crippen LogP contribution is 2.29. The highest BCUT2D eigenvalue weighted by molar-refractivity contribution is 5.76. The lowest BCUT2D eigenvalue weighted by molar-refractivity contribution is 0.646. The van der Waals surface area contributed by atoms with Crippen LogP contribution in [0.15, 0.2) is 54.9 Å². The molecule has 0 spiro atoms. The number of nitrogens with two attached hydrogens (primary N) is 1. The van der Waals surface area contributed by atoms with Crippen molar-refractivity contribution in [3.8, 4) is 0 Å². The van der Waals surface area contributed by atoms with Gasteiger partial charge in [0.1, 0.15) is 12.0 Å². The summed E-state index contributed by atoms with van der Waals surface area (Å²) in [6.45, 7) is 7.93. The third-order valence-corrected chi connectivity index (χ3v) is 5.46. The van der Waals surface area contributed by atoms with Gasteiger partial charge in [0, 0.05) is 31.9 Å². The van der Waals surface area contributed by atoms with E-state index in [4.69, 9.17) is 5.73 Å². The fraction of sp³-hybridized carbons (Fsp3) is 0.273. The lowest BCUT2D eigenvalue weighted by Crippen LogP contribution is -2.47. The van der Waals surface area contributed by atoms with Gasteiger partial charge in [0.15, 0.2) is 11.6 Å². The summed E-state index contributed by atoms with van der Waals surface area (Å²) < 4.78 is 0. The van der Waals surface area contributed by atoms with Crippen molar-refractivity contribution in [2.75, 3.05) is 52.6 Å². The molecule has 7 heteroatoms. The minimum atomic E-state index is 0.552. The van der Waals surface area contributed by atoms with Gasteiger partial charge in [0.2, 0.25) is 0 Å². The van der Waals surface area contributed by atoms with Crippen LogP contribution in [0.2, 0.25) is 0 Å². The molecule has 0 aliphatic carbocycles. The molecule has 29 heavy (non-hydrogen) atoms. The van der Waals surface area contributed by atoms with Crippen LogP contribution in [0, 0.1) is 13.8 Å². The first-order chi connectivity index (χ1) is 14.1. The molecule has 4 rings (SSSR count). The van der Waals surface area contributed by atoms with E-state index >= 15 is 0 Å². The Hall–Kier alpha value is -3.48. The Bertz CT molecular complexity index is 966. The van der Waals surface area contributed by atoms with Crippen molar-refractivity contribution in [3.63, 3.8) is 0 Å². The van der Waals surface area contributed by atoms with E-state index in [1.807, 2.05) is 30.3 Å². The van der Waals surface area contributed by atoms with Crippen molar-refractivity contribution in [2.24, 2.45) is 0 Å². The molecule has 1 fully saturated rings. The number of aryl methyl sites for hydroxylation is 1. The normalized spacial score (nSPS) is 14.0. The Balaban J connectivity index is 1.44. The first kappa shape index (κ1) is 18.9. The number of benzene rings is 2. The summed E-state index contributed by atoms with van der Waals surface area (Å²) in [6.07, 6.45) is 1.55. The van der Waals surface area contributed by atoms with Crippen LogP contribution in [0.3, 0.4) is 0 Å². The zero-order chi connectivity index (χ0) is 20.2. The van der Waals surface area contributed by atoms with Gasteiger partial charge in [-0.1, -0.05) is 30.3 Å². The molecule has 0 amide bonds. The molecule has 0 unspecified atom stereocenters. The van der Waals surface area contributed by atoms with Crippen LogP contribution < -0.4 is 26.4 Å². The summed E-state index contributed by atoms with van der Waals surface area (Å²) in [7, 11) is 0. The average molecular weight is 390 g/mol. The number of hydrogen-bond donors (Lipinski definition) is 3. The maximum Gasteiger partial charge on any atom is 0.173 e. The van der Waals surface area contributed by atoms with Gasteiger partial charge in [-0.2, -0.15) is 0 Å². The Labute approximate surface area is 171 Å². The van der Waals surface area contributed by atoms with Gasteiger partial charge in [0.05, 0.1) is 5.69 Å². The SMILES string of the molecule is Cc1cccc(N2CCN(c3ncnc(NNc4ccccc4)c3N)CC2)c1C.